The molecule has 2 aromatic rings. The summed E-state index contributed by atoms with van der Waals surface area (Å²) < 4.78 is 28.4. The fourth-order valence-corrected chi connectivity index (χ4v) is 2.48. The second-order valence-corrected chi connectivity index (χ2v) is 4.99. The second kappa shape index (κ2) is 5.69. The van der Waals surface area contributed by atoms with Gasteiger partial charge in [-0.15, -0.1) is 0 Å². The molecule has 2 aromatic carbocycles. The van der Waals surface area contributed by atoms with Gasteiger partial charge in [-0.25, -0.2) is 8.78 Å². The van der Waals surface area contributed by atoms with E-state index in [-0.39, 0.29) is 11.6 Å². The largest absolute Gasteiger partial charge is 0.308 e. The zero-order chi connectivity index (χ0) is 13.9. The summed E-state index contributed by atoms with van der Waals surface area (Å²) in [7, 11) is 0. The van der Waals surface area contributed by atoms with Crippen LogP contribution in [0.5, 0.6) is 0 Å². The van der Waals surface area contributed by atoms with Crippen molar-refractivity contribution >= 4 is 0 Å². The molecule has 0 spiro atoms. The van der Waals surface area contributed by atoms with Gasteiger partial charge in [0.25, 0.3) is 0 Å². The van der Waals surface area contributed by atoms with Gasteiger partial charge in [0, 0.05) is 48.4 Å². The third kappa shape index (κ3) is 2.57. The zero-order valence-electron chi connectivity index (χ0n) is 11.0. The van der Waals surface area contributed by atoms with Crippen LogP contribution in [0.15, 0.2) is 36.4 Å². The average molecular weight is 274 g/mol. The molecule has 2 nitrogen and oxygen atoms in total. The van der Waals surface area contributed by atoms with Crippen LogP contribution in [0.4, 0.5) is 8.78 Å². The van der Waals surface area contributed by atoms with E-state index in [0.717, 1.165) is 0 Å². The van der Waals surface area contributed by atoms with E-state index < -0.39 is 0 Å². The molecule has 0 radical (unpaired) electrons. The van der Waals surface area contributed by atoms with Gasteiger partial charge >= 0.3 is 0 Å². The third-order valence-corrected chi connectivity index (χ3v) is 3.58. The normalized spacial score (nSPS) is 15.3. The molecule has 3 rings (SSSR count). The first kappa shape index (κ1) is 13.2. The Labute approximate surface area is 116 Å². The lowest BCUT2D eigenvalue weighted by atomic mass is 10.1. The van der Waals surface area contributed by atoms with Crippen LogP contribution in [0.3, 0.4) is 0 Å². The number of nitrogens with one attached hydrogen (secondary N) is 2. The van der Waals surface area contributed by atoms with Gasteiger partial charge in [0.1, 0.15) is 11.6 Å². The Morgan fingerprint density at radius 1 is 0.600 bits per heavy atom. The van der Waals surface area contributed by atoms with Crippen LogP contribution in [0.1, 0.15) is 22.3 Å². The molecule has 1 aliphatic heterocycles. The van der Waals surface area contributed by atoms with Gasteiger partial charge in [-0.05, 0) is 0 Å². The van der Waals surface area contributed by atoms with Gasteiger partial charge in [0.15, 0.2) is 0 Å². The quantitative estimate of drug-likeness (QED) is 0.772. The highest BCUT2D eigenvalue weighted by Crippen LogP contribution is 2.17. The molecule has 1 heterocycles. The van der Waals surface area contributed by atoms with E-state index in [4.69, 9.17) is 0 Å². The molecule has 0 amide bonds. The van der Waals surface area contributed by atoms with Gasteiger partial charge in [0.05, 0.1) is 0 Å². The summed E-state index contributed by atoms with van der Waals surface area (Å²) in [6.45, 7) is 1.57. The Bertz CT molecular complexity index is 526. The molecule has 0 atom stereocenters. The van der Waals surface area contributed by atoms with Gasteiger partial charge in [-0.3, -0.25) is 0 Å². The molecule has 2 N–H and O–H groups in total. The molecule has 0 saturated heterocycles. The number of hydrogen-bond donors (Lipinski definition) is 2. The molecule has 0 unspecified atom stereocenters. The van der Waals surface area contributed by atoms with Crippen LogP contribution >= 0.6 is 0 Å². The van der Waals surface area contributed by atoms with E-state index in [0.29, 0.717) is 48.4 Å². The molecule has 0 saturated carbocycles. The fourth-order valence-electron chi connectivity index (χ4n) is 2.48. The van der Waals surface area contributed by atoms with Crippen molar-refractivity contribution in [3.05, 3.63) is 70.3 Å². The first-order valence-electron chi connectivity index (χ1n) is 6.69. The van der Waals surface area contributed by atoms with Crippen molar-refractivity contribution in [1.82, 2.24) is 10.6 Å². The topological polar surface area (TPSA) is 24.1 Å². The number of hydrogen-bond acceptors (Lipinski definition) is 2. The minimum absolute atomic E-state index is 0.183. The lowest BCUT2D eigenvalue weighted by Gasteiger charge is -2.14. The monoisotopic (exact) mass is 274 g/mol. The van der Waals surface area contributed by atoms with E-state index in [1.54, 1.807) is 24.3 Å². The number of benzene rings is 2. The fraction of sp³-hybridized carbons (Fsp3) is 0.250. The molecule has 0 aromatic heterocycles. The Hall–Kier alpha value is -1.78. The van der Waals surface area contributed by atoms with Crippen molar-refractivity contribution in [2.45, 2.75) is 26.2 Å². The average Bonchev–Trinajstić information content (AvgIpc) is 2.45. The smallest absolute Gasteiger partial charge is 0.132 e. The standard InChI is InChI=1S/C16H16F2N2/c17-15-11-3-1-4-12(15)8-20-10-14-6-2-5-13(16(14)18)9-19-7-11/h1-6,19-20H,7-10H2. The molecular formula is C16H16F2N2. The maximum atomic E-state index is 14.2. The summed E-state index contributed by atoms with van der Waals surface area (Å²) in [5.41, 5.74) is 2.45. The molecular weight excluding hydrogens is 258 g/mol. The lowest BCUT2D eigenvalue weighted by molar-refractivity contribution is 0.532. The number of rotatable bonds is 0. The van der Waals surface area contributed by atoms with Gasteiger partial charge in [-0.2, -0.15) is 0 Å². The molecule has 20 heavy (non-hydrogen) atoms. The van der Waals surface area contributed by atoms with Gasteiger partial charge in [-0.1, -0.05) is 36.4 Å². The predicted octanol–water partition coefficient (Wildman–Crippen LogP) is 2.86. The van der Waals surface area contributed by atoms with Crippen molar-refractivity contribution in [3.8, 4) is 0 Å². The van der Waals surface area contributed by atoms with E-state index in [2.05, 4.69) is 10.6 Å². The Morgan fingerprint density at radius 2 is 0.900 bits per heavy atom. The van der Waals surface area contributed by atoms with E-state index in [1.807, 2.05) is 12.1 Å². The highest BCUT2D eigenvalue weighted by Gasteiger charge is 2.12. The molecule has 0 fully saturated rings. The van der Waals surface area contributed by atoms with E-state index >= 15 is 0 Å². The van der Waals surface area contributed by atoms with Crippen molar-refractivity contribution in [3.63, 3.8) is 0 Å². The van der Waals surface area contributed by atoms with Crippen molar-refractivity contribution in [2.24, 2.45) is 0 Å². The minimum Gasteiger partial charge on any atom is -0.308 e. The van der Waals surface area contributed by atoms with Crippen LogP contribution in [0.2, 0.25) is 0 Å². The maximum Gasteiger partial charge on any atom is 0.132 e. The van der Waals surface area contributed by atoms with Crippen molar-refractivity contribution in [2.75, 3.05) is 0 Å². The molecule has 0 aliphatic carbocycles. The Kier molecular flexibility index (Phi) is 3.76. The lowest BCUT2D eigenvalue weighted by Crippen LogP contribution is -2.20. The summed E-state index contributed by atoms with van der Waals surface area (Å²) in [5.74, 6) is -0.366. The van der Waals surface area contributed by atoms with Crippen LogP contribution in [-0.4, -0.2) is 0 Å². The van der Waals surface area contributed by atoms with Crippen LogP contribution < -0.4 is 10.6 Å². The summed E-state index contributed by atoms with van der Waals surface area (Å²) in [4.78, 5) is 0. The zero-order valence-corrected chi connectivity index (χ0v) is 11.0. The maximum absolute atomic E-state index is 14.2. The highest BCUT2D eigenvalue weighted by molar-refractivity contribution is 5.29. The van der Waals surface area contributed by atoms with E-state index in [9.17, 15) is 8.78 Å². The third-order valence-electron chi connectivity index (χ3n) is 3.58. The summed E-state index contributed by atoms with van der Waals surface area (Å²) in [5, 5.41) is 6.20. The second-order valence-electron chi connectivity index (χ2n) is 4.99. The summed E-state index contributed by atoms with van der Waals surface area (Å²) in [6, 6.07) is 10.7. The van der Waals surface area contributed by atoms with Crippen molar-refractivity contribution < 1.29 is 8.78 Å². The highest BCUT2D eigenvalue weighted by atomic mass is 19.1. The van der Waals surface area contributed by atoms with E-state index in [1.165, 1.54) is 0 Å². The Morgan fingerprint density at radius 3 is 1.20 bits per heavy atom. The van der Waals surface area contributed by atoms with Crippen LogP contribution in [0.25, 0.3) is 0 Å². The summed E-state index contributed by atoms with van der Waals surface area (Å²) in [6.07, 6.45) is 0. The summed E-state index contributed by atoms with van der Waals surface area (Å²) >= 11 is 0. The first-order chi connectivity index (χ1) is 9.75. The minimum atomic E-state index is -0.183. The predicted molar refractivity (Wildman–Crippen MR) is 73.9 cm³/mol. The first-order valence-corrected chi connectivity index (χ1v) is 6.69. The van der Waals surface area contributed by atoms with Gasteiger partial charge < -0.3 is 10.6 Å². The van der Waals surface area contributed by atoms with Crippen LogP contribution in [-0.2, 0) is 26.2 Å². The Balaban J connectivity index is 1.93. The van der Waals surface area contributed by atoms with Crippen LogP contribution in [0, 0.1) is 11.6 Å². The molecule has 4 bridgehead atoms. The molecule has 104 valence electrons. The number of halogens is 2. The molecule has 4 heteroatoms. The molecule has 1 aliphatic rings. The van der Waals surface area contributed by atoms with Crippen molar-refractivity contribution in [1.29, 1.82) is 0 Å². The SMILES string of the molecule is Fc1c2cccc1CNCc1cccc(c1F)CNC2. The number of fused-ring (bicyclic) bond motifs is 4. The van der Waals surface area contributed by atoms with Gasteiger partial charge in [0.2, 0.25) is 0 Å².